The van der Waals surface area contributed by atoms with Crippen LogP contribution in [-0.4, -0.2) is 30.3 Å². The van der Waals surface area contributed by atoms with E-state index in [0.717, 1.165) is 0 Å². The van der Waals surface area contributed by atoms with Gasteiger partial charge >= 0.3 is 0 Å². The van der Waals surface area contributed by atoms with E-state index in [0.29, 0.717) is 6.42 Å². The number of aliphatic hydroxyl groups is 1. The smallest absolute Gasteiger partial charge is 0.258 e. The summed E-state index contributed by atoms with van der Waals surface area (Å²) < 4.78 is 18.4. The summed E-state index contributed by atoms with van der Waals surface area (Å²) in [6.07, 6.45) is 0.489. The van der Waals surface area contributed by atoms with Gasteiger partial charge in [0, 0.05) is 12.6 Å². The van der Waals surface area contributed by atoms with Crippen LogP contribution in [0.15, 0.2) is 24.3 Å². The van der Waals surface area contributed by atoms with Crippen LogP contribution in [0.5, 0.6) is 5.75 Å². The van der Waals surface area contributed by atoms with Crippen molar-refractivity contribution < 1.29 is 19.0 Å². The number of nitrogens with one attached hydrogen (secondary N) is 1. The van der Waals surface area contributed by atoms with E-state index in [4.69, 9.17) is 9.84 Å². The first-order valence-corrected chi connectivity index (χ1v) is 6.32. The first kappa shape index (κ1) is 15.4. The van der Waals surface area contributed by atoms with Crippen molar-refractivity contribution >= 4 is 5.91 Å². The fourth-order valence-electron chi connectivity index (χ4n) is 1.66. The molecule has 0 aliphatic rings. The van der Waals surface area contributed by atoms with Crippen molar-refractivity contribution in [3.63, 3.8) is 0 Å². The van der Waals surface area contributed by atoms with E-state index < -0.39 is 5.82 Å². The average molecular weight is 269 g/mol. The highest BCUT2D eigenvalue weighted by Gasteiger charge is 2.16. The first-order chi connectivity index (χ1) is 9.04. The minimum absolute atomic E-state index is 0.0112. The number of carbonyl (C=O) groups is 1. The van der Waals surface area contributed by atoms with Gasteiger partial charge in [-0.3, -0.25) is 4.79 Å². The second-order valence-electron chi connectivity index (χ2n) is 4.65. The van der Waals surface area contributed by atoms with E-state index in [9.17, 15) is 9.18 Å². The van der Waals surface area contributed by atoms with E-state index in [1.807, 2.05) is 13.8 Å². The van der Waals surface area contributed by atoms with Crippen LogP contribution in [0.25, 0.3) is 0 Å². The van der Waals surface area contributed by atoms with Gasteiger partial charge in [0.2, 0.25) is 0 Å². The lowest BCUT2D eigenvalue weighted by molar-refractivity contribution is -0.124. The van der Waals surface area contributed by atoms with E-state index in [2.05, 4.69) is 5.32 Å². The van der Waals surface area contributed by atoms with Crippen LogP contribution in [0.3, 0.4) is 0 Å². The number of aliphatic hydroxyl groups excluding tert-OH is 1. The molecule has 1 aromatic rings. The molecule has 19 heavy (non-hydrogen) atoms. The number of hydrogen-bond donors (Lipinski definition) is 2. The molecule has 0 saturated heterocycles. The molecule has 0 fully saturated rings. The Labute approximate surface area is 112 Å². The summed E-state index contributed by atoms with van der Waals surface area (Å²) in [5, 5.41) is 11.7. The minimum atomic E-state index is -0.494. The number of para-hydroxylation sites is 1. The van der Waals surface area contributed by atoms with E-state index >= 15 is 0 Å². The molecule has 1 amide bonds. The van der Waals surface area contributed by atoms with Crippen molar-refractivity contribution in [2.24, 2.45) is 5.92 Å². The van der Waals surface area contributed by atoms with Crippen molar-refractivity contribution in [1.82, 2.24) is 5.32 Å². The second kappa shape index (κ2) is 7.74. The average Bonchev–Trinajstić information content (AvgIpc) is 2.37. The number of benzene rings is 1. The summed E-state index contributed by atoms with van der Waals surface area (Å²) in [5.74, 6) is -0.549. The third-order valence-electron chi connectivity index (χ3n) is 2.79. The molecule has 0 aliphatic heterocycles. The molecular weight excluding hydrogens is 249 g/mol. The van der Waals surface area contributed by atoms with Crippen molar-refractivity contribution in [2.75, 3.05) is 13.2 Å². The van der Waals surface area contributed by atoms with Crippen molar-refractivity contribution in [3.8, 4) is 5.75 Å². The molecule has 0 aromatic heterocycles. The normalized spacial score (nSPS) is 12.3. The van der Waals surface area contributed by atoms with Crippen LogP contribution >= 0.6 is 0 Å². The molecule has 4 nitrogen and oxygen atoms in total. The van der Waals surface area contributed by atoms with Gasteiger partial charge in [-0.2, -0.15) is 0 Å². The predicted octanol–water partition coefficient (Wildman–Crippen LogP) is 1.73. The largest absolute Gasteiger partial charge is 0.481 e. The Kier molecular flexibility index (Phi) is 6.29. The molecule has 2 N–H and O–H groups in total. The maximum Gasteiger partial charge on any atom is 0.258 e. The molecular formula is C14H20FNO3. The molecule has 1 rings (SSSR count). The van der Waals surface area contributed by atoms with Gasteiger partial charge in [-0.05, 0) is 24.5 Å². The Morgan fingerprint density at radius 3 is 2.68 bits per heavy atom. The molecule has 1 unspecified atom stereocenters. The minimum Gasteiger partial charge on any atom is -0.481 e. The van der Waals surface area contributed by atoms with E-state index in [1.165, 1.54) is 12.1 Å². The molecule has 1 atom stereocenters. The number of rotatable bonds is 7. The molecule has 0 aliphatic carbocycles. The van der Waals surface area contributed by atoms with Gasteiger partial charge in [0.25, 0.3) is 5.91 Å². The molecule has 0 heterocycles. The molecule has 1 aromatic carbocycles. The monoisotopic (exact) mass is 269 g/mol. The van der Waals surface area contributed by atoms with Gasteiger partial charge in [0.05, 0.1) is 0 Å². The van der Waals surface area contributed by atoms with Crippen LogP contribution in [0, 0.1) is 11.7 Å². The predicted molar refractivity (Wildman–Crippen MR) is 70.4 cm³/mol. The lowest BCUT2D eigenvalue weighted by Crippen LogP contribution is -2.41. The highest BCUT2D eigenvalue weighted by Crippen LogP contribution is 2.15. The number of ether oxygens (including phenoxy) is 1. The lowest BCUT2D eigenvalue weighted by Gasteiger charge is -2.21. The van der Waals surface area contributed by atoms with E-state index in [-0.39, 0.29) is 36.8 Å². The zero-order chi connectivity index (χ0) is 14.3. The zero-order valence-electron chi connectivity index (χ0n) is 11.2. The van der Waals surface area contributed by atoms with Gasteiger partial charge in [-0.1, -0.05) is 26.0 Å². The number of amides is 1. The second-order valence-corrected chi connectivity index (χ2v) is 4.65. The van der Waals surface area contributed by atoms with Crippen LogP contribution in [0.4, 0.5) is 4.39 Å². The van der Waals surface area contributed by atoms with Crippen LogP contribution in [0.1, 0.15) is 20.3 Å². The van der Waals surface area contributed by atoms with Crippen LogP contribution in [-0.2, 0) is 4.79 Å². The van der Waals surface area contributed by atoms with Gasteiger partial charge in [0.15, 0.2) is 18.2 Å². The van der Waals surface area contributed by atoms with E-state index in [1.54, 1.807) is 12.1 Å². The van der Waals surface area contributed by atoms with Gasteiger partial charge < -0.3 is 15.2 Å². The zero-order valence-corrected chi connectivity index (χ0v) is 11.2. The highest BCUT2D eigenvalue weighted by atomic mass is 19.1. The topological polar surface area (TPSA) is 58.6 Å². The quantitative estimate of drug-likeness (QED) is 0.792. The van der Waals surface area contributed by atoms with Crippen molar-refractivity contribution in [1.29, 1.82) is 0 Å². The Bertz CT molecular complexity index is 409. The third-order valence-corrected chi connectivity index (χ3v) is 2.79. The van der Waals surface area contributed by atoms with Gasteiger partial charge in [-0.15, -0.1) is 0 Å². The Hall–Kier alpha value is -1.62. The van der Waals surface area contributed by atoms with Crippen molar-refractivity contribution in [3.05, 3.63) is 30.1 Å². The van der Waals surface area contributed by atoms with Gasteiger partial charge in [0.1, 0.15) is 0 Å². The number of halogens is 1. The molecule has 106 valence electrons. The van der Waals surface area contributed by atoms with Gasteiger partial charge in [-0.25, -0.2) is 4.39 Å². The molecule has 0 spiro atoms. The Balaban J connectivity index is 2.45. The van der Waals surface area contributed by atoms with Crippen molar-refractivity contribution in [2.45, 2.75) is 26.3 Å². The maximum atomic E-state index is 13.3. The summed E-state index contributed by atoms with van der Waals surface area (Å²) >= 11 is 0. The molecule has 0 radical (unpaired) electrons. The highest BCUT2D eigenvalue weighted by molar-refractivity contribution is 5.77. The number of carbonyl (C=O) groups excluding carboxylic acids is 1. The lowest BCUT2D eigenvalue weighted by atomic mass is 10.0. The maximum absolute atomic E-state index is 13.3. The molecule has 0 saturated carbocycles. The Morgan fingerprint density at radius 2 is 2.11 bits per heavy atom. The summed E-state index contributed by atoms with van der Waals surface area (Å²) in [6, 6.07) is 5.82. The molecule has 5 heteroatoms. The summed E-state index contributed by atoms with van der Waals surface area (Å²) in [7, 11) is 0. The Morgan fingerprint density at radius 1 is 1.42 bits per heavy atom. The van der Waals surface area contributed by atoms with Crippen LogP contribution in [0.2, 0.25) is 0 Å². The summed E-state index contributed by atoms with van der Waals surface area (Å²) in [6.45, 7) is 3.68. The summed E-state index contributed by atoms with van der Waals surface area (Å²) in [4.78, 5) is 11.7. The third kappa shape index (κ3) is 5.26. The van der Waals surface area contributed by atoms with Crippen LogP contribution < -0.4 is 10.1 Å². The first-order valence-electron chi connectivity index (χ1n) is 6.32. The fourth-order valence-corrected chi connectivity index (χ4v) is 1.66. The SMILES string of the molecule is CC(C)C(CCO)NC(=O)COc1ccccc1F. The summed E-state index contributed by atoms with van der Waals surface area (Å²) in [5.41, 5.74) is 0. The molecule has 0 bridgehead atoms. The number of hydrogen-bond acceptors (Lipinski definition) is 3. The fraction of sp³-hybridized carbons (Fsp3) is 0.500. The standard InChI is InChI=1S/C14H20FNO3/c1-10(2)12(7-8-17)16-14(18)9-19-13-6-4-3-5-11(13)15/h3-6,10,12,17H,7-9H2,1-2H3,(H,16,18).